The third kappa shape index (κ3) is 4.13. The maximum absolute atomic E-state index is 10.4. The molecule has 0 aliphatic rings. The van der Waals surface area contributed by atoms with Crippen molar-refractivity contribution in [1.29, 1.82) is 0 Å². The summed E-state index contributed by atoms with van der Waals surface area (Å²) in [5.41, 5.74) is 6.98. The van der Waals surface area contributed by atoms with Crippen molar-refractivity contribution in [2.45, 2.75) is 26.1 Å². The predicted octanol–water partition coefficient (Wildman–Crippen LogP) is 2.54. The molecule has 130 valence electrons. The molecule has 3 aromatic rings. The number of hydrogen-bond acceptors (Lipinski definition) is 7. The zero-order valence-electron chi connectivity index (χ0n) is 14.2. The Morgan fingerprint density at radius 1 is 1.12 bits per heavy atom. The Morgan fingerprint density at radius 3 is 2.60 bits per heavy atom. The number of aliphatic hydroxyl groups is 1. The SMILES string of the molecule is CC(C)Oc1ccc([C@H](O)CNc2ncnc3nc(N)ccc23)cc1. The highest BCUT2D eigenvalue weighted by Crippen LogP contribution is 2.22. The first-order valence-corrected chi connectivity index (χ1v) is 8.08. The molecule has 0 fully saturated rings. The van der Waals surface area contributed by atoms with Crippen LogP contribution in [0, 0.1) is 0 Å². The van der Waals surface area contributed by atoms with Crippen LogP contribution in [-0.2, 0) is 0 Å². The molecule has 0 amide bonds. The van der Waals surface area contributed by atoms with E-state index in [4.69, 9.17) is 10.5 Å². The monoisotopic (exact) mass is 339 g/mol. The molecule has 0 radical (unpaired) electrons. The molecule has 0 saturated carbocycles. The lowest BCUT2D eigenvalue weighted by Gasteiger charge is -2.15. The highest BCUT2D eigenvalue weighted by molar-refractivity contribution is 5.87. The number of nitrogens with two attached hydrogens (primary N) is 1. The molecule has 2 heterocycles. The first-order chi connectivity index (χ1) is 12.0. The molecule has 0 bridgehead atoms. The van der Waals surface area contributed by atoms with E-state index in [2.05, 4.69) is 20.3 Å². The average Bonchev–Trinajstić information content (AvgIpc) is 2.59. The summed E-state index contributed by atoms with van der Waals surface area (Å²) in [6.45, 7) is 4.25. The van der Waals surface area contributed by atoms with Gasteiger partial charge in [0.25, 0.3) is 0 Å². The Bertz CT molecular complexity index is 852. The van der Waals surface area contributed by atoms with Gasteiger partial charge in [-0.2, -0.15) is 0 Å². The van der Waals surface area contributed by atoms with Gasteiger partial charge in [0.05, 0.1) is 17.6 Å². The summed E-state index contributed by atoms with van der Waals surface area (Å²) in [5.74, 6) is 1.79. The molecule has 3 rings (SSSR count). The molecule has 2 aromatic heterocycles. The van der Waals surface area contributed by atoms with Crippen molar-refractivity contribution in [1.82, 2.24) is 15.0 Å². The quantitative estimate of drug-likeness (QED) is 0.633. The highest BCUT2D eigenvalue weighted by Gasteiger charge is 2.10. The third-order valence-electron chi connectivity index (χ3n) is 3.62. The number of ether oxygens (including phenoxy) is 1. The number of hydrogen-bond donors (Lipinski definition) is 3. The molecule has 1 atom stereocenters. The molecule has 0 aliphatic heterocycles. The molecule has 0 unspecified atom stereocenters. The number of benzene rings is 1. The summed E-state index contributed by atoms with van der Waals surface area (Å²) in [6.07, 6.45) is 0.854. The fourth-order valence-corrected chi connectivity index (χ4v) is 2.45. The molecule has 7 heteroatoms. The number of aromatic nitrogens is 3. The number of aliphatic hydroxyl groups excluding tert-OH is 1. The van der Waals surface area contributed by atoms with Crippen LogP contribution in [-0.4, -0.2) is 32.7 Å². The number of nitrogen functional groups attached to an aromatic ring is 1. The van der Waals surface area contributed by atoms with E-state index in [1.807, 2.05) is 44.2 Å². The average molecular weight is 339 g/mol. The number of fused-ring (bicyclic) bond motifs is 1. The summed E-state index contributed by atoms with van der Waals surface area (Å²) >= 11 is 0. The first-order valence-electron chi connectivity index (χ1n) is 8.08. The van der Waals surface area contributed by atoms with E-state index in [-0.39, 0.29) is 6.10 Å². The molecule has 0 aliphatic carbocycles. The van der Waals surface area contributed by atoms with Crippen molar-refractivity contribution >= 4 is 22.7 Å². The van der Waals surface area contributed by atoms with Crippen LogP contribution in [0.25, 0.3) is 11.0 Å². The standard InChI is InChI=1S/C18H21N5O2/c1-11(2)25-13-5-3-12(4-6-13)15(24)9-20-17-14-7-8-16(19)23-18(14)22-10-21-17/h3-8,10-11,15,24H,9H2,1-2H3,(H3,19,20,21,22,23)/t15-/m1/s1. The Hall–Kier alpha value is -2.93. The molecule has 7 nitrogen and oxygen atoms in total. The van der Waals surface area contributed by atoms with Gasteiger partial charge in [0.1, 0.15) is 23.7 Å². The second-order valence-corrected chi connectivity index (χ2v) is 5.96. The van der Waals surface area contributed by atoms with E-state index in [1.54, 1.807) is 6.07 Å². The van der Waals surface area contributed by atoms with Gasteiger partial charge in [-0.15, -0.1) is 0 Å². The molecular formula is C18H21N5O2. The Balaban J connectivity index is 1.69. The van der Waals surface area contributed by atoms with E-state index < -0.39 is 6.10 Å². The van der Waals surface area contributed by atoms with Crippen molar-refractivity contribution in [3.63, 3.8) is 0 Å². The predicted molar refractivity (Wildman–Crippen MR) is 97.4 cm³/mol. The van der Waals surface area contributed by atoms with Crippen molar-refractivity contribution in [3.05, 3.63) is 48.3 Å². The minimum absolute atomic E-state index is 0.117. The van der Waals surface area contributed by atoms with Crippen LogP contribution >= 0.6 is 0 Å². The first kappa shape index (κ1) is 16.9. The summed E-state index contributed by atoms with van der Waals surface area (Å²) in [6, 6.07) is 10.9. The molecule has 1 aromatic carbocycles. The van der Waals surface area contributed by atoms with Crippen LogP contribution < -0.4 is 15.8 Å². The molecular weight excluding hydrogens is 318 g/mol. The third-order valence-corrected chi connectivity index (χ3v) is 3.62. The van der Waals surface area contributed by atoms with Crippen molar-refractivity contribution in [2.75, 3.05) is 17.6 Å². The van der Waals surface area contributed by atoms with Gasteiger partial charge in [-0.1, -0.05) is 12.1 Å². The summed E-state index contributed by atoms with van der Waals surface area (Å²) < 4.78 is 5.60. The van der Waals surface area contributed by atoms with Gasteiger partial charge >= 0.3 is 0 Å². The maximum Gasteiger partial charge on any atom is 0.166 e. The van der Waals surface area contributed by atoms with Crippen molar-refractivity contribution < 1.29 is 9.84 Å². The Labute approximate surface area is 145 Å². The number of nitrogens with one attached hydrogen (secondary N) is 1. The smallest absolute Gasteiger partial charge is 0.166 e. The van der Waals surface area contributed by atoms with Gasteiger partial charge < -0.3 is 20.9 Å². The molecule has 0 spiro atoms. The van der Waals surface area contributed by atoms with Gasteiger partial charge in [-0.25, -0.2) is 15.0 Å². The normalized spacial score (nSPS) is 12.3. The highest BCUT2D eigenvalue weighted by atomic mass is 16.5. The zero-order chi connectivity index (χ0) is 17.8. The van der Waals surface area contributed by atoms with E-state index in [0.29, 0.717) is 23.8 Å². The zero-order valence-corrected chi connectivity index (χ0v) is 14.2. The van der Waals surface area contributed by atoms with Gasteiger partial charge in [0.2, 0.25) is 0 Å². The molecule has 25 heavy (non-hydrogen) atoms. The largest absolute Gasteiger partial charge is 0.491 e. The van der Waals surface area contributed by atoms with E-state index in [0.717, 1.165) is 16.7 Å². The number of rotatable bonds is 6. The maximum atomic E-state index is 10.4. The lowest BCUT2D eigenvalue weighted by molar-refractivity contribution is 0.191. The van der Waals surface area contributed by atoms with Crippen molar-refractivity contribution in [2.24, 2.45) is 0 Å². The van der Waals surface area contributed by atoms with Gasteiger partial charge in [-0.3, -0.25) is 0 Å². The fraction of sp³-hybridized carbons (Fsp3) is 0.278. The van der Waals surface area contributed by atoms with Crippen LogP contribution in [0.5, 0.6) is 5.75 Å². The Morgan fingerprint density at radius 2 is 1.88 bits per heavy atom. The Kier molecular flexibility index (Phi) is 4.95. The minimum atomic E-state index is -0.681. The number of pyridine rings is 1. The second kappa shape index (κ2) is 7.31. The second-order valence-electron chi connectivity index (χ2n) is 5.96. The van der Waals surface area contributed by atoms with Crippen LogP contribution in [0.3, 0.4) is 0 Å². The molecule has 0 saturated heterocycles. The van der Waals surface area contributed by atoms with Crippen molar-refractivity contribution in [3.8, 4) is 5.75 Å². The van der Waals surface area contributed by atoms with Crippen LogP contribution in [0.4, 0.5) is 11.6 Å². The lowest BCUT2D eigenvalue weighted by atomic mass is 10.1. The van der Waals surface area contributed by atoms with Gasteiger partial charge in [0, 0.05) is 6.54 Å². The van der Waals surface area contributed by atoms with E-state index >= 15 is 0 Å². The van der Waals surface area contributed by atoms with Gasteiger partial charge in [-0.05, 0) is 43.7 Å². The summed E-state index contributed by atoms with van der Waals surface area (Å²) in [7, 11) is 0. The summed E-state index contributed by atoms with van der Waals surface area (Å²) in [5, 5.41) is 14.3. The van der Waals surface area contributed by atoms with Crippen LogP contribution in [0.15, 0.2) is 42.7 Å². The van der Waals surface area contributed by atoms with E-state index in [1.165, 1.54) is 6.33 Å². The van der Waals surface area contributed by atoms with Crippen LogP contribution in [0.1, 0.15) is 25.5 Å². The number of nitrogens with zero attached hydrogens (tertiary/aromatic N) is 3. The van der Waals surface area contributed by atoms with E-state index in [9.17, 15) is 5.11 Å². The lowest BCUT2D eigenvalue weighted by Crippen LogP contribution is -2.13. The minimum Gasteiger partial charge on any atom is -0.491 e. The fourth-order valence-electron chi connectivity index (χ4n) is 2.45. The van der Waals surface area contributed by atoms with Gasteiger partial charge in [0.15, 0.2) is 5.65 Å². The van der Waals surface area contributed by atoms with Crippen LogP contribution in [0.2, 0.25) is 0 Å². The number of anilines is 2. The summed E-state index contributed by atoms with van der Waals surface area (Å²) in [4.78, 5) is 12.5. The molecule has 4 N–H and O–H groups in total. The topological polar surface area (TPSA) is 106 Å².